The lowest BCUT2D eigenvalue weighted by molar-refractivity contribution is 0.592. The Morgan fingerprint density at radius 1 is 0.947 bits per heavy atom. The van der Waals surface area contributed by atoms with Crippen molar-refractivity contribution in [2.75, 3.05) is 7.05 Å². The second-order valence-corrected chi connectivity index (χ2v) is 5.62. The molecule has 0 aliphatic heterocycles. The van der Waals surface area contributed by atoms with E-state index in [1.165, 1.54) is 5.56 Å². The van der Waals surface area contributed by atoms with Gasteiger partial charge in [0.1, 0.15) is 0 Å². The number of benzene rings is 2. The number of likely N-dealkylation sites (N-methyl/N-ethyl adjacent to an activating group) is 1. The van der Waals surface area contributed by atoms with E-state index in [1.54, 1.807) is 6.07 Å². The van der Waals surface area contributed by atoms with Crippen molar-refractivity contribution in [3.05, 3.63) is 68.7 Å². The van der Waals surface area contributed by atoms with E-state index in [-0.39, 0.29) is 6.04 Å². The molecule has 0 heterocycles. The molecule has 0 fully saturated rings. The highest BCUT2D eigenvalue weighted by Gasteiger charge is 2.14. The van der Waals surface area contributed by atoms with Crippen molar-refractivity contribution in [2.45, 2.75) is 12.5 Å². The summed E-state index contributed by atoms with van der Waals surface area (Å²) in [5.74, 6) is 0. The third-order valence-corrected chi connectivity index (χ3v) is 3.87. The summed E-state index contributed by atoms with van der Waals surface area (Å²) in [5, 5.41) is 5.43. The molecule has 19 heavy (non-hydrogen) atoms. The first-order valence-electron chi connectivity index (χ1n) is 5.97. The molecule has 1 nitrogen and oxygen atoms in total. The predicted molar refractivity (Wildman–Crippen MR) is 83.4 cm³/mol. The highest BCUT2D eigenvalue weighted by Crippen LogP contribution is 2.28. The zero-order chi connectivity index (χ0) is 13.8. The van der Waals surface area contributed by atoms with Crippen LogP contribution in [0.1, 0.15) is 17.2 Å². The van der Waals surface area contributed by atoms with E-state index in [0.717, 1.165) is 22.0 Å². The van der Waals surface area contributed by atoms with Gasteiger partial charge in [-0.3, -0.25) is 0 Å². The van der Waals surface area contributed by atoms with Crippen molar-refractivity contribution < 1.29 is 0 Å². The van der Waals surface area contributed by atoms with Gasteiger partial charge in [-0.25, -0.2) is 0 Å². The summed E-state index contributed by atoms with van der Waals surface area (Å²) in [4.78, 5) is 0. The van der Waals surface area contributed by atoms with Gasteiger partial charge in [0, 0.05) is 21.1 Å². The molecule has 0 saturated heterocycles. The van der Waals surface area contributed by atoms with Crippen LogP contribution >= 0.6 is 34.8 Å². The SMILES string of the molecule is CNC(Cc1ccc(Cl)cc1)c1cc(Cl)ccc1Cl. The third kappa shape index (κ3) is 3.87. The molecule has 0 radical (unpaired) electrons. The number of hydrogen-bond acceptors (Lipinski definition) is 1. The summed E-state index contributed by atoms with van der Waals surface area (Å²) in [5.41, 5.74) is 2.20. The largest absolute Gasteiger partial charge is 0.313 e. The molecule has 0 spiro atoms. The van der Waals surface area contributed by atoms with Crippen LogP contribution in [0.4, 0.5) is 0 Å². The number of hydrogen-bond donors (Lipinski definition) is 1. The molecule has 1 unspecified atom stereocenters. The molecule has 2 aromatic rings. The average molecular weight is 315 g/mol. The standard InChI is InChI=1S/C15H14Cl3N/c1-19-15(8-10-2-4-11(16)5-3-10)13-9-12(17)6-7-14(13)18/h2-7,9,15,19H,8H2,1H3. The average Bonchev–Trinajstić information content (AvgIpc) is 2.41. The van der Waals surface area contributed by atoms with E-state index < -0.39 is 0 Å². The summed E-state index contributed by atoms with van der Waals surface area (Å²) in [7, 11) is 1.91. The second kappa shape index (κ2) is 6.62. The fraction of sp³-hybridized carbons (Fsp3) is 0.200. The molecular formula is C15H14Cl3N. The summed E-state index contributed by atoms with van der Waals surface area (Å²) in [6, 6.07) is 13.5. The van der Waals surface area contributed by atoms with Crippen LogP contribution in [-0.4, -0.2) is 7.05 Å². The normalized spacial score (nSPS) is 12.4. The maximum Gasteiger partial charge on any atom is 0.0454 e. The van der Waals surface area contributed by atoms with Crippen molar-refractivity contribution in [3.63, 3.8) is 0 Å². The molecule has 1 N–H and O–H groups in total. The molecule has 0 amide bonds. The van der Waals surface area contributed by atoms with Gasteiger partial charge < -0.3 is 5.32 Å². The minimum absolute atomic E-state index is 0.118. The van der Waals surface area contributed by atoms with Crippen molar-refractivity contribution in [3.8, 4) is 0 Å². The number of rotatable bonds is 4. The molecule has 0 aliphatic carbocycles. The summed E-state index contributed by atoms with van der Waals surface area (Å²) >= 11 is 18.2. The first-order chi connectivity index (χ1) is 9.10. The fourth-order valence-electron chi connectivity index (χ4n) is 2.01. The van der Waals surface area contributed by atoms with E-state index in [1.807, 2.05) is 43.4 Å². The van der Waals surface area contributed by atoms with Gasteiger partial charge in [-0.05, 0) is 54.9 Å². The van der Waals surface area contributed by atoms with Gasteiger partial charge in [0.05, 0.1) is 0 Å². The van der Waals surface area contributed by atoms with Gasteiger partial charge in [-0.15, -0.1) is 0 Å². The molecule has 100 valence electrons. The maximum absolute atomic E-state index is 6.24. The predicted octanol–water partition coefficient (Wildman–Crippen LogP) is 5.15. The van der Waals surface area contributed by atoms with E-state index in [0.29, 0.717) is 5.02 Å². The van der Waals surface area contributed by atoms with Gasteiger partial charge in [-0.1, -0.05) is 46.9 Å². The lowest BCUT2D eigenvalue weighted by Gasteiger charge is -2.18. The minimum atomic E-state index is 0.118. The van der Waals surface area contributed by atoms with E-state index in [9.17, 15) is 0 Å². The fourth-order valence-corrected chi connectivity index (χ4v) is 2.56. The Balaban J connectivity index is 2.24. The van der Waals surface area contributed by atoms with Crippen LogP contribution in [0, 0.1) is 0 Å². The van der Waals surface area contributed by atoms with E-state index >= 15 is 0 Å². The molecule has 2 rings (SSSR count). The van der Waals surface area contributed by atoms with Gasteiger partial charge in [-0.2, -0.15) is 0 Å². The Hall–Kier alpha value is -0.730. The van der Waals surface area contributed by atoms with Crippen molar-refractivity contribution in [1.82, 2.24) is 5.32 Å². The summed E-state index contributed by atoms with van der Waals surface area (Å²) in [6.45, 7) is 0. The topological polar surface area (TPSA) is 12.0 Å². The second-order valence-electron chi connectivity index (χ2n) is 4.34. The Bertz CT molecular complexity index is 552. The quantitative estimate of drug-likeness (QED) is 0.823. The van der Waals surface area contributed by atoms with Crippen LogP contribution in [0.5, 0.6) is 0 Å². The van der Waals surface area contributed by atoms with Gasteiger partial charge in [0.15, 0.2) is 0 Å². The van der Waals surface area contributed by atoms with Gasteiger partial charge in [0.2, 0.25) is 0 Å². The van der Waals surface area contributed by atoms with Crippen molar-refractivity contribution >= 4 is 34.8 Å². The Labute approximate surface area is 128 Å². The van der Waals surface area contributed by atoms with Crippen molar-refractivity contribution in [2.24, 2.45) is 0 Å². The summed E-state index contributed by atoms with van der Waals surface area (Å²) in [6.07, 6.45) is 0.827. The molecule has 0 aliphatic rings. The van der Waals surface area contributed by atoms with E-state index in [2.05, 4.69) is 5.32 Å². The molecular weight excluding hydrogens is 301 g/mol. The van der Waals surface area contributed by atoms with Crippen LogP contribution in [0.25, 0.3) is 0 Å². The molecule has 0 saturated carbocycles. The van der Waals surface area contributed by atoms with E-state index in [4.69, 9.17) is 34.8 Å². The maximum atomic E-state index is 6.24. The van der Waals surface area contributed by atoms with Gasteiger partial charge in [0.25, 0.3) is 0 Å². The first kappa shape index (κ1) is 14.7. The monoisotopic (exact) mass is 313 g/mol. The smallest absolute Gasteiger partial charge is 0.0454 e. The van der Waals surface area contributed by atoms with Crippen LogP contribution < -0.4 is 5.32 Å². The molecule has 4 heteroatoms. The zero-order valence-corrected chi connectivity index (χ0v) is 12.7. The Morgan fingerprint density at radius 3 is 2.21 bits per heavy atom. The number of halogens is 3. The highest BCUT2D eigenvalue weighted by atomic mass is 35.5. The number of nitrogens with one attached hydrogen (secondary N) is 1. The summed E-state index contributed by atoms with van der Waals surface area (Å²) < 4.78 is 0. The Kier molecular flexibility index (Phi) is 5.12. The third-order valence-electron chi connectivity index (χ3n) is 3.04. The molecule has 2 aromatic carbocycles. The first-order valence-corrected chi connectivity index (χ1v) is 7.10. The highest BCUT2D eigenvalue weighted by molar-refractivity contribution is 6.33. The van der Waals surface area contributed by atoms with Crippen LogP contribution in [0.15, 0.2) is 42.5 Å². The van der Waals surface area contributed by atoms with Crippen LogP contribution in [0.2, 0.25) is 15.1 Å². The molecule has 1 atom stereocenters. The Morgan fingerprint density at radius 2 is 1.58 bits per heavy atom. The van der Waals surface area contributed by atoms with Crippen molar-refractivity contribution in [1.29, 1.82) is 0 Å². The lowest BCUT2D eigenvalue weighted by atomic mass is 9.99. The van der Waals surface area contributed by atoms with Crippen LogP contribution in [0.3, 0.4) is 0 Å². The minimum Gasteiger partial charge on any atom is -0.313 e. The van der Waals surface area contributed by atoms with Crippen LogP contribution in [-0.2, 0) is 6.42 Å². The molecule has 0 aromatic heterocycles. The molecule has 0 bridgehead atoms. The van der Waals surface area contributed by atoms with Gasteiger partial charge >= 0.3 is 0 Å². The lowest BCUT2D eigenvalue weighted by Crippen LogP contribution is -2.19. The zero-order valence-electron chi connectivity index (χ0n) is 10.5.